The Labute approximate surface area is 123 Å². The Hall–Kier alpha value is -2.44. The molecule has 1 N–H and O–H groups in total. The van der Waals surface area contributed by atoms with Gasteiger partial charge in [-0.05, 0) is 17.7 Å². The van der Waals surface area contributed by atoms with Crippen LogP contribution in [0.2, 0.25) is 0 Å². The van der Waals surface area contributed by atoms with Crippen molar-refractivity contribution in [3.63, 3.8) is 0 Å². The van der Waals surface area contributed by atoms with E-state index in [4.69, 9.17) is 9.47 Å². The summed E-state index contributed by atoms with van der Waals surface area (Å²) in [6, 6.07) is 5.52. The van der Waals surface area contributed by atoms with Crippen molar-refractivity contribution in [1.29, 1.82) is 0 Å². The van der Waals surface area contributed by atoms with Gasteiger partial charge in [0.1, 0.15) is 11.5 Å². The zero-order valence-corrected chi connectivity index (χ0v) is 12.5. The molecule has 0 fully saturated rings. The summed E-state index contributed by atoms with van der Waals surface area (Å²) in [5, 5.41) is 2.59. The van der Waals surface area contributed by atoms with Crippen molar-refractivity contribution in [2.75, 3.05) is 34.9 Å². The number of hydrogen-bond acceptors (Lipinski definition) is 6. The lowest BCUT2D eigenvalue weighted by molar-refractivity contribution is 0.176. The third kappa shape index (κ3) is 3.36. The van der Waals surface area contributed by atoms with E-state index in [0.717, 1.165) is 5.56 Å². The molecule has 1 atom stereocenters. The Morgan fingerprint density at radius 1 is 1.24 bits per heavy atom. The lowest BCUT2D eigenvalue weighted by atomic mass is 10.1. The van der Waals surface area contributed by atoms with Crippen molar-refractivity contribution in [3.8, 4) is 11.5 Å². The topological polar surface area (TPSA) is 72.4 Å². The van der Waals surface area contributed by atoms with Crippen molar-refractivity contribution >= 4 is 12.1 Å². The van der Waals surface area contributed by atoms with Crippen LogP contribution < -0.4 is 14.8 Å². The van der Waals surface area contributed by atoms with Crippen molar-refractivity contribution in [3.05, 3.63) is 23.8 Å². The maximum atomic E-state index is 11.3. The molecule has 1 aromatic rings. The number of rotatable bonds is 3. The summed E-state index contributed by atoms with van der Waals surface area (Å²) in [4.78, 5) is 17.6. The first kappa shape index (κ1) is 15.0. The molecule has 0 saturated heterocycles. The summed E-state index contributed by atoms with van der Waals surface area (Å²) >= 11 is 0. The number of likely N-dealkylation sites (N-methyl/N-ethyl adjacent to an activating group) is 1. The summed E-state index contributed by atoms with van der Waals surface area (Å²) in [7, 11) is 6.38. The molecule has 7 nitrogen and oxygen atoms in total. The van der Waals surface area contributed by atoms with Gasteiger partial charge in [0, 0.05) is 19.7 Å². The molecule has 0 radical (unpaired) electrons. The molecule has 7 heteroatoms. The van der Waals surface area contributed by atoms with Crippen LogP contribution in [0.4, 0.5) is 4.79 Å². The summed E-state index contributed by atoms with van der Waals surface area (Å²) < 4.78 is 15.1. The fourth-order valence-electron chi connectivity index (χ4n) is 2.10. The number of benzene rings is 1. The molecule has 1 unspecified atom stereocenters. The minimum atomic E-state index is -0.538. The highest BCUT2D eigenvalue weighted by Gasteiger charge is 2.25. The third-order valence-electron chi connectivity index (χ3n) is 3.24. The van der Waals surface area contributed by atoms with Gasteiger partial charge in [0.15, 0.2) is 0 Å². The van der Waals surface area contributed by atoms with Crippen LogP contribution in [0.3, 0.4) is 0 Å². The predicted molar refractivity (Wildman–Crippen MR) is 77.9 cm³/mol. The molecular weight excluding hydrogens is 274 g/mol. The summed E-state index contributed by atoms with van der Waals surface area (Å²) in [5.74, 6) is 1.89. The minimum Gasteiger partial charge on any atom is -0.497 e. The molecule has 21 heavy (non-hydrogen) atoms. The number of guanidine groups is 1. The molecule has 0 spiro atoms. The number of hydrogen-bond donors (Lipinski definition) is 1. The fraction of sp³-hybridized carbons (Fsp3) is 0.429. The van der Waals surface area contributed by atoms with E-state index in [9.17, 15) is 4.79 Å². The lowest BCUT2D eigenvalue weighted by Crippen LogP contribution is -2.39. The van der Waals surface area contributed by atoms with E-state index in [1.165, 1.54) is 7.11 Å². The van der Waals surface area contributed by atoms with Crippen molar-refractivity contribution in [2.24, 2.45) is 4.99 Å². The van der Waals surface area contributed by atoms with E-state index < -0.39 is 6.09 Å². The molecule has 0 aliphatic carbocycles. The number of carbonyl (C=O) groups excluding carboxylic acids is 1. The van der Waals surface area contributed by atoms with Crippen molar-refractivity contribution in [2.45, 2.75) is 6.04 Å². The SMILES string of the molecule is COC(=O)NC1=NC(c2cc(OC)cc(OC)c2)CN1C. The first-order valence-electron chi connectivity index (χ1n) is 6.44. The van der Waals surface area contributed by atoms with E-state index in [1.807, 2.05) is 24.1 Å². The van der Waals surface area contributed by atoms with Gasteiger partial charge in [0.2, 0.25) is 5.96 Å². The molecule has 1 heterocycles. The maximum absolute atomic E-state index is 11.3. The van der Waals surface area contributed by atoms with Crippen molar-refractivity contribution in [1.82, 2.24) is 10.2 Å². The van der Waals surface area contributed by atoms with E-state index in [1.54, 1.807) is 20.3 Å². The largest absolute Gasteiger partial charge is 0.497 e. The molecule has 114 valence electrons. The Balaban J connectivity index is 2.24. The normalized spacial score (nSPS) is 17.2. The van der Waals surface area contributed by atoms with Crippen LogP contribution in [-0.4, -0.2) is 51.9 Å². The van der Waals surface area contributed by atoms with Crippen LogP contribution >= 0.6 is 0 Å². The van der Waals surface area contributed by atoms with Crippen LogP contribution in [0.1, 0.15) is 11.6 Å². The second kappa shape index (κ2) is 6.34. The molecule has 1 amide bonds. The standard InChI is InChI=1S/C14H19N3O4/c1-17-8-12(15-13(17)16-14(18)21-4)9-5-10(19-2)7-11(6-9)20-3/h5-7,12H,8H2,1-4H3,(H,15,16,18). The average Bonchev–Trinajstić information content (AvgIpc) is 2.87. The van der Waals surface area contributed by atoms with Gasteiger partial charge in [-0.25, -0.2) is 9.79 Å². The zero-order valence-electron chi connectivity index (χ0n) is 12.5. The minimum absolute atomic E-state index is 0.105. The van der Waals surface area contributed by atoms with Crippen LogP contribution in [0.15, 0.2) is 23.2 Å². The summed E-state index contributed by atoms with van der Waals surface area (Å²) in [6.07, 6.45) is -0.538. The van der Waals surface area contributed by atoms with Gasteiger partial charge in [0.05, 0.1) is 27.4 Å². The van der Waals surface area contributed by atoms with E-state index in [-0.39, 0.29) is 6.04 Å². The zero-order chi connectivity index (χ0) is 15.4. The number of amides is 1. The molecular formula is C14H19N3O4. The first-order valence-corrected chi connectivity index (χ1v) is 6.44. The number of carbonyl (C=O) groups is 1. The molecule has 0 saturated carbocycles. The molecule has 2 rings (SSSR count). The molecule has 0 bridgehead atoms. The molecule has 1 aliphatic heterocycles. The van der Waals surface area contributed by atoms with E-state index in [0.29, 0.717) is 24.0 Å². The summed E-state index contributed by atoms with van der Waals surface area (Å²) in [5.41, 5.74) is 0.958. The fourth-order valence-corrected chi connectivity index (χ4v) is 2.10. The van der Waals surface area contributed by atoms with Crippen LogP contribution in [-0.2, 0) is 4.74 Å². The Bertz CT molecular complexity index is 537. The predicted octanol–water partition coefficient (Wildman–Crippen LogP) is 1.40. The van der Waals surface area contributed by atoms with Crippen molar-refractivity contribution < 1.29 is 19.0 Å². The third-order valence-corrected chi connectivity index (χ3v) is 3.24. The number of nitrogens with zero attached hydrogens (tertiary/aromatic N) is 2. The van der Waals surface area contributed by atoms with E-state index >= 15 is 0 Å². The first-order chi connectivity index (χ1) is 10.1. The highest BCUT2D eigenvalue weighted by atomic mass is 16.5. The van der Waals surface area contributed by atoms with Gasteiger partial charge in [-0.15, -0.1) is 0 Å². The van der Waals surface area contributed by atoms with E-state index in [2.05, 4.69) is 15.0 Å². The van der Waals surface area contributed by atoms with Gasteiger partial charge in [-0.3, -0.25) is 5.32 Å². The maximum Gasteiger partial charge on any atom is 0.413 e. The van der Waals surface area contributed by atoms with Gasteiger partial charge in [0.25, 0.3) is 0 Å². The highest BCUT2D eigenvalue weighted by molar-refractivity contribution is 5.94. The number of methoxy groups -OCH3 is 3. The molecule has 0 aromatic heterocycles. The molecule has 1 aliphatic rings. The number of nitrogens with one attached hydrogen (secondary N) is 1. The second-order valence-electron chi connectivity index (χ2n) is 4.61. The van der Waals surface area contributed by atoms with Crippen LogP contribution in [0, 0.1) is 0 Å². The van der Waals surface area contributed by atoms with Crippen LogP contribution in [0.5, 0.6) is 11.5 Å². The number of aliphatic imine (C=N–C) groups is 1. The second-order valence-corrected chi connectivity index (χ2v) is 4.61. The van der Waals surface area contributed by atoms with Gasteiger partial charge < -0.3 is 19.1 Å². The smallest absolute Gasteiger partial charge is 0.413 e. The lowest BCUT2D eigenvalue weighted by Gasteiger charge is -2.15. The highest BCUT2D eigenvalue weighted by Crippen LogP contribution is 2.30. The number of alkyl carbamates (subject to hydrolysis) is 1. The Morgan fingerprint density at radius 2 is 1.86 bits per heavy atom. The number of ether oxygens (including phenoxy) is 3. The quantitative estimate of drug-likeness (QED) is 0.912. The Kier molecular flexibility index (Phi) is 4.52. The molecule has 1 aromatic carbocycles. The monoisotopic (exact) mass is 293 g/mol. The van der Waals surface area contributed by atoms with Crippen LogP contribution in [0.25, 0.3) is 0 Å². The van der Waals surface area contributed by atoms with Gasteiger partial charge >= 0.3 is 6.09 Å². The summed E-state index contributed by atoms with van der Waals surface area (Å²) in [6.45, 7) is 0.648. The average molecular weight is 293 g/mol. The van der Waals surface area contributed by atoms with Gasteiger partial charge in [-0.2, -0.15) is 0 Å². The Morgan fingerprint density at radius 3 is 2.38 bits per heavy atom. The van der Waals surface area contributed by atoms with Gasteiger partial charge in [-0.1, -0.05) is 0 Å².